The number of amides is 1. The molecule has 0 bridgehead atoms. The first-order valence-corrected chi connectivity index (χ1v) is 6.08. The van der Waals surface area contributed by atoms with Gasteiger partial charge in [-0.15, -0.1) is 0 Å². The van der Waals surface area contributed by atoms with Gasteiger partial charge in [0.2, 0.25) is 0 Å². The third-order valence-electron chi connectivity index (χ3n) is 2.77. The highest BCUT2D eigenvalue weighted by Crippen LogP contribution is 2.17. The lowest BCUT2D eigenvalue weighted by molar-refractivity contribution is 0.0983. The van der Waals surface area contributed by atoms with Crippen LogP contribution in [0.4, 0.5) is 11.5 Å². The fourth-order valence-corrected chi connectivity index (χ4v) is 1.83. The van der Waals surface area contributed by atoms with E-state index >= 15 is 0 Å². The molecule has 0 fully saturated rings. The molecule has 19 heavy (non-hydrogen) atoms. The summed E-state index contributed by atoms with van der Waals surface area (Å²) in [6.07, 6.45) is 2.79. The third-order valence-corrected chi connectivity index (χ3v) is 2.77. The molecule has 1 aromatic carbocycles. The summed E-state index contributed by atoms with van der Waals surface area (Å²) in [5.41, 5.74) is 7.71. The summed E-state index contributed by atoms with van der Waals surface area (Å²) >= 11 is 0. The highest BCUT2D eigenvalue weighted by Gasteiger charge is 2.17. The lowest BCUT2D eigenvalue weighted by Crippen LogP contribution is -2.31. The minimum absolute atomic E-state index is 0.180. The molecule has 1 heterocycles. The smallest absolute Gasteiger partial charge is 0.278 e. The summed E-state index contributed by atoms with van der Waals surface area (Å²) < 4.78 is 0. The van der Waals surface area contributed by atoms with Crippen molar-refractivity contribution in [3.05, 3.63) is 47.9 Å². The van der Waals surface area contributed by atoms with Crippen molar-refractivity contribution in [2.24, 2.45) is 0 Å². The molecule has 0 spiro atoms. The number of benzene rings is 1. The van der Waals surface area contributed by atoms with Crippen molar-refractivity contribution in [1.29, 1.82) is 0 Å². The van der Waals surface area contributed by atoms with Gasteiger partial charge in [-0.05, 0) is 31.5 Å². The van der Waals surface area contributed by atoms with E-state index in [2.05, 4.69) is 9.97 Å². The second-order valence-corrected chi connectivity index (χ2v) is 4.21. The first-order chi connectivity index (χ1) is 9.11. The van der Waals surface area contributed by atoms with Gasteiger partial charge in [0, 0.05) is 12.2 Å². The summed E-state index contributed by atoms with van der Waals surface area (Å²) in [5.74, 6) is 0.121. The van der Waals surface area contributed by atoms with E-state index in [0.717, 1.165) is 11.3 Å². The number of hydrogen-bond donors (Lipinski definition) is 1. The molecule has 0 atom stereocenters. The Balaban J connectivity index is 2.31. The second kappa shape index (κ2) is 5.48. The van der Waals surface area contributed by atoms with Crippen LogP contribution >= 0.6 is 0 Å². The van der Waals surface area contributed by atoms with Gasteiger partial charge < -0.3 is 10.6 Å². The van der Waals surface area contributed by atoms with Crippen molar-refractivity contribution < 1.29 is 4.79 Å². The number of aryl methyl sites for hydroxylation is 1. The predicted molar refractivity (Wildman–Crippen MR) is 75.0 cm³/mol. The minimum Gasteiger partial charge on any atom is -0.382 e. The van der Waals surface area contributed by atoms with Crippen LogP contribution in [0.2, 0.25) is 0 Å². The van der Waals surface area contributed by atoms with Crippen LogP contribution < -0.4 is 10.6 Å². The SMILES string of the molecule is CCN(C(=O)c1cnc(N)cn1)c1cccc(C)c1. The van der Waals surface area contributed by atoms with Gasteiger partial charge in [-0.3, -0.25) is 4.79 Å². The van der Waals surface area contributed by atoms with Crippen molar-refractivity contribution in [1.82, 2.24) is 9.97 Å². The molecular weight excluding hydrogens is 240 g/mol. The van der Waals surface area contributed by atoms with E-state index in [1.807, 2.05) is 38.1 Å². The fraction of sp³-hybridized carbons (Fsp3) is 0.214. The van der Waals surface area contributed by atoms with Crippen LogP contribution in [0.25, 0.3) is 0 Å². The molecule has 0 unspecified atom stereocenters. The van der Waals surface area contributed by atoms with E-state index in [-0.39, 0.29) is 11.6 Å². The van der Waals surface area contributed by atoms with E-state index < -0.39 is 0 Å². The monoisotopic (exact) mass is 256 g/mol. The highest BCUT2D eigenvalue weighted by molar-refractivity contribution is 6.04. The summed E-state index contributed by atoms with van der Waals surface area (Å²) in [7, 11) is 0. The summed E-state index contributed by atoms with van der Waals surface area (Å²) in [6.45, 7) is 4.48. The Morgan fingerprint density at radius 3 is 2.68 bits per heavy atom. The number of hydrogen-bond acceptors (Lipinski definition) is 4. The Labute approximate surface area is 112 Å². The van der Waals surface area contributed by atoms with Crippen molar-refractivity contribution >= 4 is 17.4 Å². The predicted octanol–water partition coefficient (Wildman–Crippen LogP) is 2.03. The number of anilines is 2. The van der Waals surface area contributed by atoms with Crippen molar-refractivity contribution in [2.45, 2.75) is 13.8 Å². The molecule has 0 aliphatic heterocycles. The van der Waals surface area contributed by atoms with Gasteiger partial charge in [0.15, 0.2) is 0 Å². The molecule has 1 aromatic heterocycles. The van der Waals surface area contributed by atoms with Gasteiger partial charge in [-0.25, -0.2) is 9.97 Å². The lowest BCUT2D eigenvalue weighted by Gasteiger charge is -2.20. The van der Waals surface area contributed by atoms with Crippen LogP contribution in [-0.4, -0.2) is 22.4 Å². The van der Waals surface area contributed by atoms with Crippen LogP contribution in [0, 0.1) is 6.92 Å². The maximum absolute atomic E-state index is 12.4. The number of nitrogen functional groups attached to an aromatic ring is 1. The standard InChI is InChI=1S/C14H16N4O/c1-3-18(11-6-4-5-10(2)7-11)14(19)12-8-17-13(15)9-16-12/h4-9H,3H2,1-2H3,(H2,15,17). The maximum Gasteiger partial charge on any atom is 0.278 e. The molecule has 0 aliphatic carbocycles. The number of nitrogens with zero attached hydrogens (tertiary/aromatic N) is 3. The van der Waals surface area contributed by atoms with Crippen molar-refractivity contribution in [2.75, 3.05) is 17.2 Å². The molecule has 0 radical (unpaired) electrons. The minimum atomic E-state index is -0.180. The number of nitrogens with two attached hydrogens (primary N) is 1. The van der Waals surface area contributed by atoms with Gasteiger partial charge in [-0.2, -0.15) is 0 Å². The number of carbonyl (C=O) groups is 1. The van der Waals surface area contributed by atoms with Crippen molar-refractivity contribution in [3.8, 4) is 0 Å². The molecule has 2 aromatic rings. The lowest BCUT2D eigenvalue weighted by atomic mass is 10.2. The Morgan fingerprint density at radius 1 is 1.32 bits per heavy atom. The first kappa shape index (κ1) is 13.0. The molecule has 98 valence electrons. The second-order valence-electron chi connectivity index (χ2n) is 4.21. The molecule has 0 saturated carbocycles. The normalized spacial score (nSPS) is 10.2. The van der Waals surface area contributed by atoms with E-state index in [1.165, 1.54) is 12.4 Å². The largest absolute Gasteiger partial charge is 0.382 e. The van der Waals surface area contributed by atoms with Gasteiger partial charge in [0.25, 0.3) is 5.91 Å². The molecule has 2 rings (SSSR count). The van der Waals surface area contributed by atoms with E-state index in [9.17, 15) is 4.79 Å². The number of carbonyl (C=O) groups excluding carboxylic acids is 1. The van der Waals surface area contributed by atoms with Crippen LogP contribution in [0.5, 0.6) is 0 Å². The van der Waals surface area contributed by atoms with E-state index in [4.69, 9.17) is 5.73 Å². The number of aromatic nitrogens is 2. The molecule has 2 N–H and O–H groups in total. The van der Waals surface area contributed by atoms with Gasteiger partial charge in [0.1, 0.15) is 11.5 Å². The van der Waals surface area contributed by atoms with Crippen LogP contribution in [0.15, 0.2) is 36.7 Å². The average Bonchev–Trinajstić information content (AvgIpc) is 2.40. The Hall–Kier alpha value is -2.43. The highest BCUT2D eigenvalue weighted by atomic mass is 16.2. The summed E-state index contributed by atoms with van der Waals surface area (Å²) in [6, 6.07) is 7.78. The van der Waals surface area contributed by atoms with Crippen molar-refractivity contribution in [3.63, 3.8) is 0 Å². The van der Waals surface area contributed by atoms with E-state index in [0.29, 0.717) is 12.4 Å². The zero-order valence-electron chi connectivity index (χ0n) is 11.0. The zero-order chi connectivity index (χ0) is 13.8. The molecule has 0 saturated heterocycles. The topological polar surface area (TPSA) is 72.1 Å². The maximum atomic E-state index is 12.4. The third kappa shape index (κ3) is 2.88. The molecule has 5 heteroatoms. The van der Waals surface area contributed by atoms with Gasteiger partial charge in [0.05, 0.1) is 12.4 Å². The zero-order valence-corrected chi connectivity index (χ0v) is 11.0. The van der Waals surface area contributed by atoms with Gasteiger partial charge >= 0.3 is 0 Å². The van der Waals surface area contributed by atoms with Gasteiger partial charge in [-0.1, -0.05) is 12.1 Å². The molecule has 0 aliphatic rings. The molecule has 1 amide bonds. The van der Waals surface area contributed by atoms with Crippen LogP contribution in [0.3, 0.4) is 0 Å². The number of rotatable bonds is 3. The first-order valence-electron chi connectivity index (χ1n) is 6.08. The fourth-order valence-electron chi connectivity index (χ4n) is 1.83. The summed E-state index contributed by atoms with van der Waals surface area (Å²) in [4.78, 5) is 22.0. The Morgan fingerprint density at radius 2 is 2.11 bits per heavy atom. The Kier molecular flexibility index (Phi) is 3.75. The Bertz CT molecular complexity index is 580. The molecular formula is C14H16N4O. The van der Waals surface area contributed by atoms with E-state index in [1.54, 1.807) is 4.90 Å². The average molecular weight is 256 g/mol. The van der Waals surface area contributed by atoms with Crippen LogP contribution in [-0.2, 0) is 0 Å². The van der Waals surface area contributed by atoms with Crippen LogP contribution in [0.1, 0.15) is 23.0 Å². The molecule has 5 nitrogen and oxygen atoms in total. The quantitative estimate of drug-likeness (QED) is 0.912. The summed E-state index contributed by atoms with van der Waals surface area (Å²) in [5, 5.41) is 0.